The smallest absolute Gasteiger partial charge is 0.312 e. The molecule has 0 fully saturated rings. The Balaban J connectivity index is 2.38. The van der Waals surface area contributed by atoms with E-state index >= 15 is 0 Å². The standard InChI is InChI=1S/C32H59O3P/c1-4-7-10-12-13-14-15-16-18-24-29-34-36(33-28-23-9-6-3)35-30-32(27-20-17-11-8-5-2)31-25-21-19-22-26-31/h19,21-22,25-26,32H,4-18,20,23-24,27-30H2,1-3H3. The van der Waals surface area contributed by atoms with Crippen LogP contribution in [0.2, 0.25) is 0 Å². The monoisotopic (exact) mass is 522 g/mol. The summed E-state index contributed by atoms with van der Waals surface area (Å²) >= 11 is 0. The Hall–Kier alpha value is -0.470. The summed E-state index contributed by atoms with van der Waals surface area (Å²) in [7, 11) is -1.26. The maximum atomic E-state index is 6.33. The molecule has 0 N–H and O–H groups in total. The predicted octanol–water partition coefficient (Wildman–Crippen LogP) is 11.5. The number of unbranched alkanes of at least 4 members (excludes halogenated alkanes) is 15. The minimum atomic E-state index is -1.26. The van der Waals surface area contributed by atoms with Gasteiger partial charge < -0.3 is 13.6 Å². The van der Waals surface area contributed by atoms with Crippen molar-refractivity contribution in [1.29, 1.82) is 0 Å². The van der Waals surface area contributed by atoms with Gasteiger partial charge in [0.2, 0.25) is 0 Å². The fraction of sp³-hybridized carbons (Fsp3) is 0.812. The Morgan fingerprint density at radius 3 is 1.53 bits per heavy atom. The van der Waals surface area contributed by atoms with E-state index in [-0.39, 0.29) is 0 Å². The molecule has 0 spiro atoms. The van der Waals surface area contributed by atoms with Gasteiger partial charge >= 0.3 is 8.60 Å². The van der Waals surface area contributed by atoms with Crippen molar-refractivity contribution in [3.63, 3.8) is 0 Å². The molecule has 3 nitrogen and oxygen atoms in total. The minimum Gasteiger partial charge on any atom is -0.312 e. The van der Waals surface area contributed by atoms with Gasteiger partial charge in [0.25, 0.3) is 0 Å². The van der Waals surface area contributed by atoms with Gasteiger partial charge in [-0.3, -0.25) is 0 Å². The Morgan fingerprint density at radius 1 is 0.528 bits per heavy atom. The molecule has 2 unspecified atom stereocenters. The number of hydrogen-bond acceptors (Lipinski definition) is 3. The van der Waals surface area contributed by atoms with E-state index in [2.05, 4.69) is 51.1 Å². The molecule has 0 amide bonds. The minimum absolute atomic E-state index is 0.415. The van der Waals surface area contributed by atoms with Crippen LogP contribution in [0.15, 0.2) is 30.3 Å². The van der Waals surface area contributed by atoms with Crippen LogP contribution in [0.1, 0.15) is 154 Å². The lowest BCUT2D eigenvalue weighted by Crippen LogP contribution is -2.09. The zero-order valence-electron chi connectivity index (χ0n) is 24.2. The highest BCUT2D eigenvalue weighted by molar-refractivity contribution is 7.41. The van der Waals surface area contributed by atoms with Crippen LogP contribution >= 0.6 is 8.60 Å². The SMILES string of the molecule is CCCCCCCCCCCCOP(OCCCCC)OCC(CCCCCCC)c1ccccc1. The highest BCUT2D eigenvalue weighted by Crippen LogP contribution is 2.42. The number of rotatable bonds is 27. The summed E-state index contributed by atoms with van der Waals surface area (Å²) in [6.45, 7) is 8.97. The highest BCUT2D eigenvalue weighted by Gasteiger charge is 2.18. The first-order valence-corrected chi connectivity index (χ1v) is 16.6. The van der Waals surface area contributed by atoms with Crippen molar-refractivity contribution >= 4 is 8.60 Å². The van der Waals surface area contributed by atoms with Crippen molar-refractivity contribution in [2.75, 3.05) is 19.8 Å². The van der Waals surface area contributed by atoms with Gasteiger partial charge in [-0.25, -0.2) is 0 Å². The average Bonchev–Trinajstić information content (AvgIpc) is 2.91. The van der Waals surface area contributed by atoms with Crippen molar-refractivity contribution in [2.24, 2.45) is 0 Å². The van der Waals surface area contributed by atoms with Gasteiger partial charge in [0.05, 0.1) is 19.8 Å². The van der Waals surface area contributed by atoms with Gasteiger partial charge in [0, 0.05) is 5.92 Å². The second-order valence-electron chi connectivity index (χ2n) is 10.4. The van der Waals surface area contributed by atoms with Crippen LogP contribution < -0.4 is 0 Å². The molecule has 0 aromatic heterocycles. The molecule has 1 aromatic carbocycles. The Labute approximate surface area is 226 Å². The molecule has 0 aliphatic heterocycles. The van der Waals surface area contributed by atoms with Crippen LogP contribution in [0.4, 0.5) is 0 Å². The third kappa shape index (κ3) is 19.6. The second-order valence-corrected chi connectivity index (χ2v) is 11.6. The Kier molecular flexibility index (Phi) is 24.4. The molecule has 1 aromatic rings. The van der Waals surface area contributed by atoms with Crippen LogP contribution in [-0.2, 0) is 13.6 Å². The van der Waals surface area contributed by atoms with Crippen molar-refractivity contribution in [2.45, 2.75) is 149 Å². The summed E-state index contributed by atoms with van der Waals surface area (Å²) in [6.07, 6.45) is 24.6. The lowest BCUT2D eigenvalue weighted by Gasteiger charge is -2.22. The Bertz CT molecular complexity index is 554. The van der Waals surface area contributed by atoms with E-state index < -0.39 is 8.60 Å². The molecule has 36 heavy (non-hydrogen) atoms. The molecule has 0 heterocycles. The molecule has 0 saturated carbocycles. The highest BCUT2D eigenvalue weighted by atomic mass is 31.2. The normalized spacial score (nSPS) is 13.2. The van der Waals surface area contributed by atoms with E-state index in [0.29, 0.717) is 12.5 Å². The molecule has 0 saturated heterocycles. The van der Waals surface area contributed by atoms with Gasteiger partial charge in [-0.05, 0) is 24.8 Å². The van der Waals surface area contributed by atoms with Gasteiger partial charge in [-0.15, -0.1) is 0 Å². The molecular weight excluding hydrogens is 463 g/mol. The van der Waals surface area contributed by atoms with Crippen LogP contribution in [0, 0.1) is 0 Å². The van der Waals surface area contributed by atoms with Crippen LogP contribution in [0.5, 0.6) is 0 Å². The molecule has 4 heteroatoms. The van der Waals surface area contributed by atoms with Crippen LogP contribution in [-0.4, -0.2) is 19.8 Å². The van der Waals surface area contributed by atoms with E-state index in [9.17, 15) is 0 Å². The van der Waals surface area contributed by atoms with Gasteiger partial charge in [0.1, 0.15) is 0 Å². The molecular formula is C32H59O3P. The van der Waals surface area contributed by atoms with Gasteiger partial charge in [0.15, 0.2) is 0 Å². The van der Waals surface area contributed by atoms with Crippen LogP contribution in [0.25, 0.3) is 0 Å². The lowest BCUT2D eigenvalue weighted by molar-refractivity contribution is 0.148. The predicted molar refractivity (Wildman–Crippen MR) is 159 cm³/mol. The second kappa shape index (κ2) is 26.1. The summed E-state index contributed by atoms with van der Waals surface area (Å²) in [5, 5.41) is 0. The third-order valence-corrected chi connectivity index (χ3v) is 8.09. The zero-order valence-corrected chi connectivity index (χ0v) is 25.1. The zero-order chi connectivity index (χ0) is 25.9. The quantitative estimate of drug-likeness (QED) is 0.0849. The molecule has 2 atom stereocenters. The molecule has 0 aliphatic carbocycles. The summed E-state index contributed by atoms with van der Waals surface area (Å²) < 4.78 is 18.6. The number of benzene rings is 1. The van der Waals surface area contributed by atoms with Crippen molar-refractivity contribution in [3.05, 3.63) is 35.9 Å². The summed E-state index contributed by atoms with van der Waals surface area (Å²) in [4.78, 5) is 0. The third-order valence-electron chi connectivity index (χ3n) is 6.95. The summed E-state index contributed by atoms with van der Waals surface area (Å²) in [5.74, 6) is 0.415. The molecule has 0 bridgehead atoms. The lowest BCUT2D eigenvalue weighted by atomic mass is 9.94. The van der Waals surface area contributed by atoms with E-state index in [0.717, 1.165) is 26.1 Å². The van der Waals surface area contributed by atoms with Crippen LogP contribution in [0.3, 0.4) is 0 Å². The fourth-order valence-electron chi connectivity index (χ4n) is 4.55. The van der Waals surface area contributed by atoms with Crippen molar-refractivity contribution in [3.8, 4) is 0 Å². The Morgan fingerprint density at radius 2 is 0.972 bits per heavy atom. The average molecular weight is 523 g/mol. The molecule has 1 rings (SSSR count). The molecule has 0 aliphatic rings. The maximum absolute atomic E-state index is 6.33. The van der Waals surface area contributed by atoms with E-state index in [1.807, 2.05) is 0 Å². The fourth-order valence-corrected chi connectivity index (χ4v) is 5.63. The van der Waals surface area contributed by atoms with Crippen molar-refractivity contribution < 1.29 is 13.6 Å². The van der Waals surface area contributed by atoms with E-state index in [1.54, 1.807) is 0 Å². The molecule has 0 radical (unpaired) electrons. The first-order chi connectivity index (χ1) is 17.8. The topological polar surface area (TPSA) is 27.7 Å². The van der Waals surface area contributed by atoms with E-state index in [4.69, 9.17) is 13.6 Å². The molecule has 210 valence electrons. The first kappa shape index (κ1) is 33.6. The summed E-state index contributed by atoms with van der Waals surface area (Å²) in [6, 6.07) is 10.9. The first-order valence-electron chi connectivity index (χ1n) is 15.6. The van der Waals surface area contributed by atoms with E-state index in [1.165, 1.54) is 115 Å². The van der Waals surface area contributed by atoms with Gasteiger partial charge in [-0.2, -0.15) is 0 Å². The number of hydrogen-bond donors (Lipinski definition) is 0. The van der Waals surface area contributed by atoms with Crippen molar-refractivity contribution in [1.82, 2.24) is 0 Å². The largest absolute Gasteiger partial charge is 0.332 e. The summed E-state index contributed by atoms with van der Waals surface area (Å²) in [5.41, 5.74) is 1.38. The van der Waals surface area contributed by atoms with Gasteiger partial charge in [-0.1, -0.05) is 154 Å². The maximum Gasteiger partial charge on any atom is 0.332 e.